The molecular formula is C19H26N4O5S2. The van der Waals surface area contributed by atoms with Crippen LogP contribution in [0.5, 0.6) is 0 Å². The number of nitriles is 1. The predicted octanol–water partition coefficient (Wildman–Crippen LogP) is -0.0232. The van der Waals surface area contributed by atoms with E-state index in [2.05, 4.69) is 10.6 Å². The number of β-lactam (4-membered cyclic amide) rings is 1. The van der Waals surface area contributed by atoms with Crippen LogP contribution in [0, 0.1) is 23.2 Å². The Bertz CT molecular complexity index is 796. The Balaban J connectivity index is 1.56. The van der Waals surface area contributed by atoms with E-state index in [1.807, 2.05) is 13.0 Å². The molecule has 4 N–H and O–H groups in total. The molecule has 0 aliphatic carbocycles. The zero-order valence-corrected chi connectivity index (χ0v) is 18.5. The van der Waals surface area contributed by atoms with Crippen LogP contribution in [0.4, 0.5) is 0 Å². The lowest BCUT2D eigenvalue weighted by Gasteiger charge is -2.46. The number of aliphatic hydroxyl groups is 1. The number of carbonyl (C=O) groups is 3. The SMILES string of the molecule is C[C@@H](O)[C@H]1C(=O)N2C(C(=O)O)=C(S[C@@H]3CN[C@H](CSCC(=O)NCC#N)C3)[C@H](C)[C@H]12. The second-order valence-corrected chi connectivity index (χ2v) is 10.2. The van der Waals surface area contributed by atoms with Crippen LogP contribution in [-0.4, -0.2) is 80.9 Å². The third-order valence-corrected chi connectivity index (χ3v) is 8.32. The first-order chi connectivity index (χ1) is 14.3. The van der Waals surface area contributed by atoms with E-state index < -0.39 is 18.0 Å². The number of thioether (sulfide) groups is 2. The van der Waals surface area contributed by atoms with Gasteiger partial charge in [-0.15, -0.1) is 11.8 Å². The number of nitrogens with zero attached hydrogens (tertiary/aromatic N) is 2. The largest absolute Gasteiger partial charge is 0.477 e. The molecule has 164 valence electrons. The van der Waals surface area contributed by atoms with Crippen molar-refractivity contribution in [3.05, 3.63) is 10.6 Å². The summed E-state index contributed by atoms with van der Waals surface area (Å²) >= 11 is 3.01. The van der Waals surface area contributed by atoms with Crippen molar-refractivity contribution in [2.75, 3.05) is 24.6 Å². The van der Waals surface area contributed by atoms with E-state index in [0.717, 1.165) is 18.7 Å². The molecule has 6 atom stereocenters. The summed E-state index contributed by atoms with van der Waals surface area (Å²) < 4.78 is 0. The molecule has 2 fully saturated rings. The molecule has 3 aliphatic rings. The van der Waals surface area contributed by atoms with Crippen LogP contribution in [0.25, 0.3) is 0 Å². The van der Waals surface area contributed by atoms with E-state index >= 15 is 0 Å². The number of fused-ring (bicyclic) bond motifs is 1. The van der Waals surface area contributed by atoms with Crippen molar-refractivity contribution in [3.63, 3.8) is 0 Å². The molecule has 0 spiro atoms. The Morgan fingerprint density at radius 1 is 1.47 bits per heavy atom. The van der Waals surface area contributed by atoms with E-state index in [4.69, 9.17) is 5.26 Å². The monoisotopic (exact) mass is 454 g/mol. The van der Waals surface area contributed by atoms with Crippen molar-refractivity contribution in [1.29, 1.82) is 5.26 Å². The lowest BCUT2D eigenvalue weighted by Crippen LogP contribution is -2.63. The molecule has 30 heavy (non-hydrogen) atoms. The third-order valence-electron chi connectivity index (χ3n) is 5.70. The minimum Gasteiger partial charge on any atom is -0.477 e. The summed E-state index contributed by atoms with van der Waals surface area (Å²) in [6.07, 6.45) is 0.0273. The van der Waals surface area contributed by atoms with Gasteiger partial charge in [0.25, 0.3) is 0 Å². The second-order valence-electron chi connectivity index (χ2n) is 7.80. The highest BCUT2D eigenvalue weighted by Gasteiger charge is 2.60. The fourth-order valence-corrected chi connectivity index (χ4v) is 6.80. The van der Waals surface area contributed by atoms with Gasteiger partial charge in [-0.2, -0.15) is 17.0 Å². The van der Waals surface area contributed by atoms with Crippen molar-refractivity contribution in [3.8, 4) is 6.07 Å². The van der Waals surface area contributed by atoms with E-state index in [-0.39, 0.29) is 47.3 Å². The highest BCUT2D eigenvalue weighted by Crippen LogP contribution is 2.51. The van der Waals surface area contributed by atoms with E-state index in [9.17, 15) is 24.6 Å². The van der Waals surface area contributed by atoms with Gasteiger partial charge in [-0.1, -0.05) is 6.92 Å². The molecule has 3 rings (SSSR count). The molecule has 0 aromatic carbocycles. The van der Waals surface area contributed by atoms with Crippen LogP contribution in [0.3, 0.4) is 0 Å². The summed E-state index contributed by atoms with van der Waals surface area (Å²) in [7, 11) is 0. The lowest BCUT2D eigenvalue weighted by molar-refractivity contribution is -0.163. The number of aliphatic hydroxyl groups excluding tert-OH is 1. The number of hydrogen-bond acceptors (Lipinski definition) is 8. The zero-order valence-electron chi connectivity index (χ0n) is 16.8. The number of aliphatic carboxylic acids is 1. The van der Waals surface area contributed by atoms with Gasteiger partial charge < -0.3 is 25.7 Å². The number of hydrogen-bond donors (Lipinski definition) is 4. The molecule has 0 saturated carbocycles. The Hall–Kier alpha value is -1.74. The first-order valence-corrected chi connectivity index (χ1v) is 11.9. The summed E-state index contributed by atoms with van der Waals surface area (Å²) in [5.74, 6) is -1.23. The van der Waals surface area contributed by atoms with Gasteiger partial charge in [0.1, 0.15) is 12.2 Å². The molecule has 2 saturated heterocycles. The summed E-state index contributed by atoms with van der Waals surface area (Å²) in [5.41, 5.74) is 0.0615. The fourth-order valence-electron chi connectivity index (χ4n) is 4.34. The molecule has 0 aromatic heterocycles. The lowest BCUT2D eigenvalue weighted by atomic mass is 9.79. The summed E-state index contributed by atoms with van der Waals surface area (Å²) in [5, 5.41) is 34.2. The van der Waals surface area contributed by atoms with Crippen LogP contribution in [0.2, 0.25) is 0 Å². The Morgan fingerprint density at radius 2 is 2.20 bits per heavy atom. The van der Waals surface area contributed by atoms with Crippen molar-refractivity contribution < 1.29 is 24.6 Å². The molecule has 9 nitrogen and oxygen atoms in total. The van der Waals surface area contributed by atoms with Gasteiger partial charge in [0.2, 0.25) is 11.8 Å². The molecule has 2 amide bonds. The molecule has 3 heterocycles. The van der Waals surface area contributed by atoms with Crippen LogP contribution in [0.1, 0.15) is 20.3 Å². The van der Waals surface area contributed by atoms with E-state index in [1.54, 1.807) is 6.92 Å². The van der Waals surface area contributed by atoms with E-state index in [1.165, 1.54) is 28.4 Å². The number of carboxylic acid groups (broad SMARTS) is 1. The standard InChI is InChI=1S/C19H26N4O5S2/c1-9-15-14(10(2)24)18(26)23(15)16(19(27)28)17(9)30-12-5-11(22-6-12)7-29-8-13(25)21-4-3-20/h9-12,14-15,22,24H,4-8H2,1-2H3,(H,21,25)(H,27,28)/t9-,10-,11+,12+,14-,15-/m1/s1. The van der Waals surface area contributed by atoms with Crippen LogP contribution >= 0.6 is 23.5 Å². The molecule has 0 bridgehead atoms. The Labute approximate surface area is 183 Å². The first kappa shape index (κ1) is 22.9. The number of nitrogens with one attached hydrogen (secondary N) is 2. The second kappa shape index (κ2) is 9.60. The van der Waals surface area contributed by atoms with Gasteiger partial charge in [-0.05, 0) is 13.3 Å². The van der Waals surface area contributed by atoms with E-state index in [0.29, 0.717) is 10.7 Å². The van der Waals surface area contributed by atoms with Crippen LogP contribution in [-0.2, 0) is 14.4 Å². The smallest absolute Gasteiger partial charge is 0.353 e. The minimum atomic E-state index is -1.11. The van der Waals surface area contributed by atoms with Gasteiger partial charge in [-0.3, -0.25) is 9.59 Å². The van der Waals surface area contributed by atoms with Gasteiger partial charge in [0.15, 0.2) is 0 Å². The average Bonchev–Trinajstić information content (AvgIpc) is 3.21. The number of amides is 2. The average molecular weight is 455 g/mol. The van der Waals surface area contributed by atoms with Crippen molar-refractivity contribution in [1.82, 2.24) is 15.5 Å². The number of carboxylic acids is 1. The van der Waals surface area contributed by atoms with Gasteiger partial charge in [-0.25, -0.2) is 4.79 Å². The summed E-state index contributed by atoms with van der Waals surface area (Å²) in [4.78, 5) is 37.9. The fraction of sp³-hybridized carbons (Fsp3) is 0.684. The first-order valence-electron chi connectivity index (χ1n) is 9.86. The van der Waals surface area contributed by atoms with Gasteiger partial charge in [0.05, 0.1) is 29.9 Å². The summed E-state index contributed by atoms with van der Waals surface area (Å²) in [6, 6.07) is 1.79. The maximum Gasteiger partial charge on any atom is 0.353 e. The molecule has 0 unspecified atom stereocenters. The van der Waals surface area contributed by atoms with Crippen molar-refractivity contribution in [2.45, 2.75) is 43.7 Å². The third kappa shape index (κ3) is 4.46. The highest BCUT2D eigenvalue weighted by molar-refractivity contribution is 8.03. The summed E-state index contributed by atoms with van der Waals surface area (Å²) in [6.45, 7) is 4.22. The molecule has 3 aliphatic heterocycles. The molecule has 0 radical (unpaired) electrons. The van der Waals surface area contributed by atoms with Crippen LogP contribution in [0.15, 0.2) is 10.6 Å². The number of carbonyl (C=O) groups excluding carboxylic acids is 2. The highest BCUT2D eigenvalue weighted by atomic mass is 32.2. The quantitative estimate of drug-likeness (QED) is 0.279. The molecule has 11 heteroatoms. The maximum absolute atomic E-state index is 12.4. The minimum absolute atomic E-state index is 0.00935. The van der Waals surface area contributed by atoms with Gasteiger partial charge in [0, 0.05) is 34.4 Å². The molecule has 0 aromatic rings. The van der Waals surface area contributed by atoms with Gasteiger partial charge >= 0.3 is 5.97 Å². The van der Waals surface area contributed by atoms with Crippen molar-refractivity contribution in [2.24, 2.45) is 11.8 Å². The van der Waals surface area contributed by atoms with Crippen molar-refractivity contribution >= 4 is 41.3 Å². The number of rotatable bonds is 9. The maximum atomic E-state index is 12.4. The zero-order chi connectivity index (χ0) is 22.0. The van der Waals surface area contributed by atoms with Crippen LogP contribution < -0.4 is 10.6 Å². The Kier molecular flexibility index (Phi) is 7.34. The molecular weight excluding hydrogens is 428 g/mol. The topological polar surface area (TPSA) is 143 Å². The normalized spacial score (nSPS) is 31.2. The Morgan fingerprint density at radius 3 is 2.83 bits per heavy atom. The predicted molar refractivity (Wildman–Crippen MR) is 113 cm³/mol.